The Morgan fingerprint density at radius 3 is 2.52 bits per heavy atom. The number of benzene rings is 2. The molecule has 0 aliphatic heterocycles. The molecule has 0 fully saturated rings. The number of aliphatic carboxylic acids is 1. The lowest BCUT2D eigenvalue weighted by Crippen LogP contribution is -2.15. The first-order valence-electron chi connectivity index (χ1n) is 11.2. The fraction of sp³-hybridized carbons (Fsp3) is 0.407. The minimum Gasteiger partial charge on any atom is -0.489 e. The van der Waals surface area contributed by atoms with Gasteiger partial charge in [-0.2, -0.15) is 0 Å². The Labute approximate surface area is 196 Å². The monoisotopic (exact) mass is 450 g/mol. The zero-order chi connectivity index (χ0) is 24.2. The number of carboxylic acids is 1. The van der Waals surface area contributed by atoms with Crippen molar-refractivity contribution in [1.29, 1.82) is 5.41 Å². The number of rotatable bonds is 13. The van der Waals surface area contributed by atoms with Crippen LogP contribution in [-0.4, -0.2) is 36.5 Å². The van der Waals surface area contributed by atoms with Crippen LogP contribution in [-0.2, 0) is 16.1 Å². The van der Waals surface area contributed by atoms with Gasteiger partial charge in [0.25, 0.3) is 0 Å². The summed E-state index contributed by atoms with van der Waals surface area (Å²) in [6.45, 7) is 9.94. The van der Waals surface area contributed by atoms with Gasteiger partial charge in [0.1, 0.15) is 12.4 Å². The van der Waals surface area contributed by atoms with Crippen molar-refractivity contribution >= 4 is 17.4 Å². The maximum atomic E-state index is 11.1. The molecule has 0 aromatic heterocycles. The van der Waals surface area contributed by atoms with Crippen LogP contribution in [0.2, 0.25) is 0 Å². The fourth-order valence-electron chi connectivity index (χ4n) is 3.25. The van der Waals surface area contributed by atoms with Crippen molar-refractivity contribution in [3.63, 3.8) is 0 Å². The van der Waals surface area contributed by atoms with Gasteiger partial charge in [0.05, 0.1) is 24.7 Å². The van der Waals surface area contributed by atoms with E-state index in [1.165, 1.54) is 0 Å². The summed E-state index contributed by atoms with van der Waals surface area (Å²) in [6, 6.07) is 13.3. The summed E-state index contributed by atoms with van der Waals surface area (Å²) < 4.78 is 11.4. The predicted octanol–water partition coefficient (Wildman–Crippen LogP) is 5.32. The van der Waals surface area contributed by atoms with Crippen LogP contribution in [0.4, 0.5) is 5.69 Å². The Bertz CT molecular complexity index is 987. The van der Waals surface area contributed by atoms with Crippen molar-refractivity contribution in [3.05, 3.63) is 59.2 Å². The standard InChI is InChI=1S/C27H34N2O4/c1-5-7-22(15-27(30)31)21-9-11-23(12-10-21)33-17-20-8-13-24(25(28)18-32-6-2)26(14-20)29-16-19(3)4/h8-14,19,22,28-29H,6,15-18H2,1-4H3,(H,30,31)/t22-/m0/s1. The van der Waals surface area contributed by atoms with Crippen molar-refractivity contribution in [3.8, 4) is 17.6 Å². The minimum absolute atomic E-state index is 0.0299. The van der Waals surface area contributed by atoms with Gasteiger partial charge in [-0.25, -0.2) is 0 Å². The van der Waals surface area contributed by atoms with E-state index >= 15 is 0 Å². The number of ether oxygens (including phenoxy) is 2. The van der Waals surface area contributed by atoms with E-state index in [1.54, 1.807) is 6.92 Å². The molecule has 2 aromatic rings. The molecule has 0 bridgehead atoms. The third kappa shape index (κ3) is 8.63. The third-order valence-electron chi connectivity index (χ3n) is 4.95. The first-order valence-corrected chi connectivity index (χ1v) is 11.2. The Morgan fingerprint density at radius 1 is 1.18 bits per heavy atom. The van der Waals surface area contributed by atoms with Crippen molar-refractivity contribution in [2.75, 3.05) is 25.1 Å². The summed E-state index contributed by atoms with van der Waals surface area (Å²) in [5.41, 5.74) is 4.02. The van der Waals surface area contributed by atoms with Crippen LogP contribution in [0.1, 0.15) is 56.7 Å². The molecular formula is C27H34N2O4. The normalized spacial score (nSPS) is 11.4. The first-order chi connectivity index (χ1) is 15.8. The van der Waals surface area contributed by atoms with E-state index in [0.717, 1.165) is 28.9 Å². The molecule has 0 aliphatic rings. The maximum absolute atomic E-state index is 11.1. The van der Waals surface area contributed by atoms with Crippen molar-refractivity contribution in [2.24, 2.45) is 5.92 Å². The molecule has 3 N–H and O–H groups in total. The Hall–Kier alpha value is -3.30. The van der Waals surface area contributed by atoms with Crippen molar-refractivity contribution < 1.29 is 19.4 Å². The fourth-order valence-corrected chi connectivity index (χ4v) is 3.25. The van der Waals surface area contributed by atoms with Crippen LogP contribution in [0, 0.1) is 23.2 Å². The molecule has 0 unspecified atom stereocenters. The number of hydrogen-bond donors (Lipinski definition) is 3. The Kier molecular flexibility index (Phi) is 10.5. The molecule has 0 heterocycles. The molecule has 33 heavy (non-hydrogen) atoms. The van der Waals surface area contributed by atoms with E-state index in [0.29, 0.717) is 30.6 Å². The van der Waals surface area contributed by atoms with Gasteiger partial charge in [0.15, 0.2) is 0 Å². The highest BCUT2D eigenvalue weighted by Gasteiger charge is 2.14. The lowest BCUT2D eigenvalue weighted by Gasteiger charge is -2.16. The number of hydrogen-bond acceptors (Lipinski definition) is 5. The van der Waals surface area contributed by atoms with Gasteiger partial charge in [-0.05, 0) is 49.1 Å². The maximum Gasteiger partial charge on any atom is 0.304 e. The van der Waals surface area contributed by atoms with Crippen LogP contribution in [0.25, 0.3) is 0 Å². The summed E-state index contributed by atoms with van der Waals surface area (Å²) in [5, 5.41) is 20.9. The van der Waals surface area contributed by atoms with Crippen molar-refractivity contribution in [2.45, 2.75) is 46.6 Å². The molecule has 1 atom stereocenters. The number of nitrogens with one attached hydrogen (secondary N) is 2. The molecule has 6 heteroatoms. The van der Waals surface area contributed by atoms with Crippen LogP contribution in [0.3, 0.4) is 0 Å². The second-order valence-corrected chi connectivity index (χ2v) is 8.17. The molecule has 0 radical (unpaired) electrons. The van der Waals surface area contributed by atoms with E-state index in [4.69, 9.17) is 20.0 Å². The highest BCUT2D eigenvalue weighted by atomic mass is 16.5. The number of carboxylic acid groups (broad SMARTS) is 1. The third-order valence-corrected chi connectivity index (χ3v) is 4.95. The lowest BCUT2D eigenvalue weighted by molar-refractivity contribution is -0.137. The topological polar surface area (TPSA) is 91.6 Å². The van der Waals surface area contributed by atoms with Gasteiger partial charge in [-0.15, -0.1) is 5.92 Å². The van der Waals surface area contributed by atoms with Gasteiger partial charge in [-0.1, -0.05) is 44.0 Å². The first kappa shape index (κ1) is 26.0. The van der Waals surface area contributed by atoms with Crippen LogP contribution < -0.4 is 10.1 Å². The quantitative estimate of drug-likeness (QED) is 0.284. The zero-order valence-corrected chi connectivity index (χ0v) is 19.9. The van der Waals surface area contributed by atoms with E-state index in [1.807, 2.05) is 49.4 Å². The Balaban J connectivity index is 2.11. The number of carbonyl (C=O) groups is 1. The van der Waals surface area contributed by atoms with Gasteiger partial charge in [-0.3, -0.25) is 4.79 Å². The second-order valence-electron chi connectivity index (χ2n) is 8.17. The van der Waals surface area contributed by atoms with E-state index < -0.39 is 5.97 Å². The summed E-state index contributed by atoms with van der Waals surface area (Å²) in [7, 11) is 0. The molecule has 176 valence electrons. The smallest absolute Gasteiger partial charge is 0.304 e. The van der Waals surface area contributed by atoms with Crippen LogP contribution in [0.5, 0.6) is 5.75 Å². The number of anilines is 1. The molecule has 6 nitrogen and oxygen atoms in total. The summed E-state index contributed by atoms with van der Waals surface area (Å²) >= 11 is 0. The molecule has 2 aromatic carbocycles. The Morgan fingerprint density at radius 2 is 1.91 bits per heavy atom. The van der Waals surface area contributed by atoms with Crippen LogP contribution in [0.15, 0.2) is 42.5 Å². The SMILES string of the molecule is CC#C[C@@H](CC(=O)O)c1ccc(OCc2ccc(C(=N)COCC)c(NCC(C)C)c2)cc1. The van der Waals surface area contributed by atoms with E-state index in [2.05, 4.69) is 31.0 Å². The average molecular weight is 451 g/mol. The van der Waals surface area contributed by atoms with Gasteiger partial charge in [0.2, 0.25) is 0 Å². The summed E-state index contributed by atoms with van der Waals surface area (Å²) in [6.07, 6.45) is -0.0299. The predicted molar refractivity (Wildman–Crippen MR) is 132 cm³/mol. The van der Waals surface area contributed by atoms with Crippen molar-refractivity contribution in [1.82, 2.24) is 0 Å². The van der Waals surface area contributed by atoms with E-state index in [-0.39, 0.29) is 18.9 Å². The van der Waals surface area contributed by atoms with Gasteiger partial charge >= 0.3 is 5.97 Å². The zero-order valence-electron chi connectivity index (χ0n) is 19.9. The molecule has 0 saturated carbocycles. The largest absolute Gasteiger partial charge is 0.489 e. The van der Waals surface area contributed by atoms with Gasteiger partial charge < -0.3 is 25.3 Å². The molecule has 0 saturated heterocycles. The summed E-state index contributed by atoms with van der Waals surface area (Å²) in [4.78, 5) is 11.1. The minimum atomic E-state index is -0.872. The highest BCUT2D eigenvalue weighted by Crippen LogP contribution is 2.24. The molecule has 0 amide bonds. The van der Waals surface area contributed by atoms with Gasteiger partial charge in [0, 0.05) is 24.4 Å². The average Bonchev–Trinajstić information content (AvgIpc) is 2.79. The lowest BCUT2D eigenvalue weighted by atomic mass is 9.96. The second kappa shape index (κ2) is 13.3. The van der Waals surface area contributed by atoms with Crippen LogP contribution >= 0.6 is 0 Å². The molecule has 0 spiro atoms. The molecular weight excluding hydrogens is 416 g/mol. The molecule has 0 aliphatic carbocycles. The summed E-state index contributed by atoms with van der Waals surface area (Å²) in [5.74, 6) is 5.72. The van der Waals surface area contributed by atoms with E-state index in [9.17, 15) is 4.79 Å². The molecule has 2 rings (SSSR count). The highest BCUT2D eigenvalue weighted by molar-refractivity contribution is 6.04.